The number of fused-ring (bicyclic) bond motifs is 1. The molecule has 114 valence electrons. The molecule has 21 heavy (non-hydrogen) atoms. The predicted molar refractivity (Wildman–Crippen MR) is 82.6 cm³/mol. The second-order valence-electron chi connectivity index (χ2n) is 4.91. The highest BCUT2D eigenvalue weighted by Gasteiger charge is 2.15. The molecule has 0 spiro atoms. The van der Waals surface area contributed by atoms with Crippen molar-refractivity contribution in [2.45, 2.75) is 6.42 Å². The second-order valence-corrected chi connectivity index (χ2v) is 4.91. The Kier molecular flexibility index (Phi) is 5.78. The van der Waals surface area contributed by atoms with Gasteiger partial charge in [0.1, 0.15) is 0 Å². The zero-order valence-electron chi connectivity index (χ0n) is 12.6. The van der Waals surface area contributed by atoms with Gasteiger partial charge in [0, 0.05) is 51.2 Å². The van der Waals surface area contributed by atoms with E-state index in [1.165, 1.54) is 0 Å². The SMILES string of the molecule is COCCCN(CCOC)C(=O)c1ccc2cc[nH]c2c1. The monoisotopic (exact) mass is 290 g/mol. The van der Waals surface area contributed by atoms with Gasteiger partial charge in [0.15, 0.2) is 0 Å². The second kappa shape index (κ2) is 7.81. The van der Waals surface area contributed by atoms with E-state index in [0.717, 1.165) is 17.3 Å². The van der Waals surface area contributed by atoms with Crippen LogP contribution in [0.25, 0.3) is 10.9 Å². The molecule has 0 bridgehead atoms. The van der Waals surface area contributed by atoms with Gasteiger partial charge >= 0.3 is 0 Å². The van der Waals surface area contributed by atoms with E-state index in [9.17, 15) is 4.79 Å². The van der Waals surface area contributed by atoms with Crippen molar-refractivity contribution in [3.63, 3.8) is 0 Å². The molecule has 0 unspecified atom stereocenters. The van der Waals surface area contributed by atoms with E-state index in [-0.39, 0.29) is 5.91 Å². The first kappa shape index (κ1) is 15.5. The zero-order chi connectivity index (χ0) is 15.1. The first-order valence-electron chi connectivity index (χ1n) is 7.10. The van der Waals surface area contributed by atoms with Crippen LogP contribution in [0.4, 0.5) is 0 Å². The van der Waals surface area contributed by atoms with E-state index in [0.29, 0.717) is 31.9 Å². The molecule has 0 saturated heterocycles. The van der Waals surface area contributed by atoms with Gasteiger partial charge in [0.2, 0.25) is 0 Å². The lowest BCUT2D eigenvalue weighted by atomic mass is 10.1. The van der Waals surface area contributed by atoms with Gasteiger partial charge in [0.05, 0.1) is 6.61 Å². The van der Waals surface area contributed by atoms with E-state index in [1.54, 1.807) is 14.2 Å². The minimum Gasteiger partial charge on any atom is -0.385 e. The first-order valence-corrected chi connectivity index (χ1v) is 7.10. The molecule has 0 aliphatic carbocycles. The molecular formula is C16H22N2O3. The Bertz CT molecular complexity index is 580. The summed E-state index contributed by atoms with van der Waals surface area (Å²) >= 11 is 0. The van der Waals surface area contributed by atoms with Crippen molar-refractivity contribution in [3.05, 3.63) is 36.0 Å². The van der Waals surface area contributed by atoms with Gasteiger partial charge in [0.25, 0.3) is 5.91 Å². The molecule has 1 aromatic heterocycles. The number of methoxy groups -OCH3 is 2. The number of ether oxygens (including phenoxy) is 2. The summed E-state index contributed by atoms with van der Waals surface area (Å²) in [5.41, 5.74) is 1.67. The van der Waals surface area contributed by atoms with Gasteiger partial charge in [-0.15, -0.1) is 0 Å². The number of benzene rings is 1. The average Bonchev–Trinajstić information content (AvgIpc) is 2.97. The fraction of sp³-hybridized carbons (Fsp3) is 0.438. The highest BCUT2D eigenvalue weighted by molar-refractivity contribution is 5.97. The van der Waals surface area contributed by atoms with Crippen molar-refractivity contribution < 1.29 is 14.3 Å². The maximum Gasteiger partial charge on any atom is 0.254 e. The molecule has 0 aliphatic rings. The van der Waals surface area contributed by atoms with Crippen LogP contribution >= 0.6 is 0 Å². The molecule has 1 heterocycles. The van der Waals surface area contributed by atoms with Crippen LogP contribution in [0.5, 0.6) is 0 Å². The van der Waals surface area contributed by atoms with Crippen LogP contribution in [-0.4, -0.2) is 56.3 Å². The summed E-state index contributed by atoms with van der Waals surface area (Å²) in [5.74, 6) is 0.0275. The lowest BCUT2D eigenvalue weighted by Crippen LogP contribution is -2.35. The smallest absolute Gasteiger partial charge is 0.254 e. The number of hydrogen-bond donors (Lipinski definition) is 1. The number of carbonyl (C=O) groups is 1. The molecule has 2 rings (SSSR count). The molecular weight excluding hydrogens is 268 g/mol. The summed E-state index contributed by atoms with van der Waals surface area (Å²) in [5, 5.41) is 1.11. The Morgan fingerprint density at radius 2 is 1.95 bits per heavy atom. The van der Waals surface area contributed by atoms with E-state index in [4.69, 9.17) is 9.47 Å². The molecule has 1 N–H and O–H groups in total. The Balaban J connectivity index is 2.10. The maximum atomic E-state index is 12.6. The van der Waals surface area contributed by atoms with Crippen LogP contribution in [0.3, 0.4) is 0 Å². The molecule has 1 amide bonds. The number of nitrogens with one attached hydrogen (secondary N) is 1. The lowest BCUT2D eigenvalue weighted by molar-refractivity contribution is 0.0674. The largest absolute Gasteiger partial charge is 0.385 e. The number of carbonyl (C=O) groups excluding carboxylic acids is 1. The third kappa shape index (κ3) is 4.06. The number of nitrogens with zero attached hydrogens (tertiary/aromatic N) is 1. The first-order chi connectivity index (χ1) is 10.3. The molecule has 0 saturated carbocycles. The maximum absolute atomic E-state index is 12.6. The average molecular weight is 290 g/mol. The van der Waals surface area contributed by atoms with Crippen molar-refractivity contribution in [3.8, 4) is 0 Å². The van der Waals surface area contributed by atoms with Gasteiger partial charge in [-0.3, -0.25) is 4.79 Å². The Morgan fingerprint density at radius 1 is 1.14 bits per heavy atom. The molecule has 0 aliphatic heterocycles. The van der Waals surface area contributed by atoms with Crippen molar-refractivity contribution in [1.82, 2.24) is 9.88 Å². The minimum atomic E-state index is 0.0275. The standard InChI is InChI=1S/C16H22N2O3/c1-20-10-3-8-18(9-11-21-2)16(19)14-5-4-13-6-7-17-15(13)12-14/h4-7,12,17H,3,8-11H2,1-2H3. The fourth-order valence-electron chi connectivity index (χ4n) is 2.28. The van der Waals surface area contributed by atoms with Crippen LogP contribution in [0.2, 0.25) is 0 Å². The topological polar surface area (TPSA) is 54.6 Å². The number of hydrogen-bond acceptors (Lipinski definition) is 3. The minimum absolute atomic E-state index is 0.0275. The number of aromatic amines is 1. The van der Waals surface area contributed by atoms with Crippen LogP contribution < -0.4 is 0 Å². The predicted octanol–water partition coefficient (Wildman–Crippen LogP) is 2.29. The highest BCUT2D eigenvalue weighted by Crippen LogP contribution is 2.15. The van der Waals surface area contributed by atoms with Crippen LogP contribution in [0.15, 0.2) is 30.5 Å². The van der Waals surface area contributed by atoms with Gasteiger partial charge in [-0.05, 0) is 30.0 Å². The number of amides is 1. The van der Waals surface area contributed by atoms with Crippen LogP contribution in [0, 0.1) is 0 Å². The van der Waals surface area contributed by atoms with E-state index in [1.807, 2.05) is 35.4 Å². The fourth-order valence-corrected chi connectivity index (χ4v) is 2.28. The Hall–Kier alpha value is -1.85. The third-order valence-corrected chi connectivity index (χ3v) is 3.43. The van der Waals surface area contributed by atoms with Crippen molar-refractivity contribution in [2.75, 3.05) is 40.5 Å². The quantitative estimate of drug-likeness (QED) is 0.759. The Labute approximate surface area is 124 Å². The Morgan fingerprint density at radius 3 is 2.71 bits per heavy atom. The molecule has 5 heteroatoms. The summed E-state index contributed by atoms with van der Waals surface area (Å²) in [7, 11) is 3.31. The summed E-state index contributed by atoms with van der Waals surface area (Å²) in [4.78, 5) is 17.6. The number of rotatable bonds is 8. The molecule has 0 radical (unpaired) electrons. The summed E-state index contributed by atoms with van der Waals surface area (Å²) < 4.78 is 10.1. The van der Waals surface area contributed by atoms with Gasteiger partial charge in [-0.2, -0.15) is 0 Å². The van der Waals surface area contributed by atoms with Crippen molar-refractivity contribution in [2.24, 2.45) is 0 Å². The number of aromatic nitrogens is 1. The molecule has 2 aromatic rings. The summed E-state index contributed by atoms with van der Waals surface area (Å²) in [6.07, 6.45) is 2.69. The van der Waals surface area contributed by atoms with E-state index >= 15 is 0 Å². The highest BCUT2D eigenvalue weighted by atomic mass is 16.5. The lowest BCUT2D eigenvalue weighted by Gasteiger charge is -2.22. The zero-order valence-corrected chi connectivity index (χ0v) is 12.6. The van der Waals surface area contributed by atoms with Crippen molar-refractivity contribution >= 4 is 16.8 Å². The van der Waals surface area contributed by atoms with Crippen LogP contribution in [0.1, 0.15) is 16.8 Å². The molecule has 5 nitrogen and oxygen atoms in total. The summed E-state index contributed by atoms with van der Waals surface area (Å²) in [6, 6.07) is 7.72. The van der Waals surface area contributed by atoms with E-state index in [2.05, 4.69) is 4.98 Å². The summed E-state index contributed by atoms with van der Waals surface area (Å²) in [6.45, 7) is 2.43. The van der Waals surface area contributed by atoms with Gasteiger partial charge < -0.3 is 19.4 Å². The van der Waals surface area contributed by atoms with E-state index < -0.39 is 0 Å². The third-order valence-electron chi connectivity index (χ3n) is 3.43. The van der Waals surface area contributed by atoms with Crippen molar-refractivity contribution in [1.29, 1.82) is 0 Å². The molecule has 0 atom stereocenters. The number of H-pyrrole nitrogens is 1. The molecule has 1 aromatic carbocycles. The van der Waals surface area contributed by atoms with Gasteiger partial charge in [-0.1, -0.05) is 6.07 Å². The normalized spacial score (nSPS) is 11.0. The van der Waals surface area contributed by atoms with Gasteiger partial charge in [-0.25, -0.2) is 0 Å². The van der Waals surface area contributed by atoms with Crippen LogP contribution in [-0.2, 0) is 9.47 Å². The molecule has 0 fully saturated rings.